The second kappa shape index (κ2) is 9.45. The molecule has 6 rings (SSSR count). The highest BCUT2D eigenvalue weighted by Crippen LogP contribution is 2.63. The molecule has 2 aliphatic rings. The Labute approximate surface area is 218 Å². The third-order valence-electron chi connectivity index (χ3n) is 7.15. The van der Waals surface area contributed by atoms with Gasteiger partial charge in [0.05, 0.1) is 0 Å². The van der Waals surface area contributed by atoms with Crippen molar-refractivity contribution >= 4 is 8.60 Å². The molecular formula is C31H29O5P. The molecule has 6 heteroatoms. The minimum atomic E-state index is -2.40. The molecular weight excluding hydrogens is 483 g/mol. The summed E-state index contributed by atoms with van der Waals surface area (Å²) in [6, 6.07) is 39.6. The Bertz CT molecular complexity index is 1150. The van der Waals surface area contributed by atoms with Crippen LogP contribution >= 0.6 is 8.60 Å². The van der Waals surface area contributed by atoms with Crippen LogP contribution < -0.4 is 0 Å². The third kappa shape index (κ3) is 4.04. The Morgan fingerprint density at radius 3 is 1.05 bits per heavy atom. The van der Waals surface area contributed by atoms with Crippen molar-refractivity contribution in [3.05, 3.63) is 144 Å². The average molecular weight is 513 g/mol. The van der Waals surface area contributed by atoms with Crippen molar-refractivity contribution in [2.24, 2.45) is 0 Å². The normalized spacial score (nSPS) is 25.6. The highest BCUT2D eigenvalue weighted by molar-refractivity contribution is 7.40. The van der Waals surface area contributed by atoms with Crippen LogP contribution in [0.1, 0.15) is 36.1 Å². The summed E-state index contributed by atoms with van der Waals surface area (Å²) in [4.78, 5) is 11.6. The summed E-state index contributed by atoms with van der Waals surface area (Å²) in [5.74, 6) is -0.943. The van der Waals surface area contributed by atoms with Crippen molar-refractivity contribution in [2.45, 2.75) is 43.0 Å². The van der Waals surface area contributed by atoms with Gasteiger partial charge in [-0.25, -0.2) is 0 Å². The van der Waals surface area contributed by atoms with Gasteiger partial charge in [0.25, 0.3) is 0 Å². The maximum absolute atomic E-state index is 11.6. The van der Waals surface area contributed by atoms with Crippen molar-refractivity contribution in [3.63, 3.8) is 0 Å². The molecule has 4 aromatic carbocycles. The molecule has 0 aliphatic carbocycles. The Morgan fingerprint density at radius 1 is 0.514 bits per heavy atom. The van der Waals surface area contributed by atoms with Gasteiger partial charge < -0.3 is 14.4 Å². The molecule has 37 heavy (non-hydrogen) atoms. The van der Waals surface area contributed by atoms with Gasteiger partial charge in [0.1, 0.15) is 12.2 Å². The van der Waals surface area contributed by atoms with Gasteiger partial charge in [-0.3, -0.25) is 9.05 Å². The summed E-state index contributed by atoms with van der Waals surface area (Å²) in [5, 5.41) is 0. The minimum Gasteiger partial charge on any atom is -0.341 e. The first kappa shape index (κ1) is 24.4. The summed E-state index contributed by atoms with van der Waals surface area (Å²) < 4.78 is 26.9. The van der Waals surface area contributed by atoms with Crippen LogP contribution in [0.3, 0.4) is 0 Å². The summed E-state index contributed by atoms with van der Waals surface area (Å²) in [5.41, 5.74) is 0.984. The number of hydrogen-bond acceptors (Lipinski definition) is 5. The lowest BCUT2D eigenvalue weighted by Crippen LogP contribution is -2.53. The summed E-state index contributed by atoms with van der Waals surface area (Å²) >= 11 is 0. The smallest absolute Gasteiger partial charge is 0.332 e. The quantitative estimate of drug-likeness (QED) is 0.310. The van der Waals surface area contributed by atoms with E-state index in [9.17, 15) is 4.89 Å². The Kier molecular flexibility index (Phi) is 6.24. The maximum Gasteiger partial charge on any atom is 0.332 e. The van der Waals surface area contributed by atoms with Crippen molar-refractivity contribution in [2.75, 3.05) is 0 Å². The molecule has 5 nitrogen and oxygen atoms in total. The first-order valence-electron chi connectivity index (χ1n) is 12.4. The number of hydrogen-bond donors (Lipinski definition) is 1. The van der Waals surface area contributed by atoms with Crippen molar-refractivity contribution in [1.82, 2.24) is 0 Å². The molecule has 0 saturated carbocycles. The zero-order valence-corrected chi connectivity index (χ0v) is 21.6. The second-order valence-corrected chi connectivity index (χ2v) is 10.7. The molecule has 0 amide bonds. The summed E-state index contributed by atoms with van der Waals surface area (Å²) in [6.45, 7) is 3.82. The Balaban J connectivity index is 1.68. The number of fused-ring (bicyclic) bond motifs is 1. The largest absolute Gasteiger partial charge is 0.341 e. The standard InChI is InChI=1S/C31H29O5P/c1-29(2)33-27-28(34-29)31(25-19-11-5-12-20-25,26-21-13-6-14-22-26)36-37(32)35-30(27,23-15-7-3-8-16-23)24-17-9-4-10-18-24/h3-22,27-28,32H,1-2H3. The SMILES string of the molecule is CC1(C)OC2C(O1)C(c1ccccc1)(c1ccccc1)OP(O)OC2(c1ccccc1)c1ccccc1. The van der Waals surface area contributed by atoms with E-state index in [-0.39, 0.29) is 0 Å². The molecule has 2 saturated heterocycles. The van der Waals surface area contributed by atoms with E-state index >= 15 is 0 Å². The van der Waals surface area contributed by atoms with Gasteiger partial charge in [-0.1, -0.05) is 121 Å². The molecule has 2 heterocycles. The fourth-order valence-electron chi connectivity index (χ4n) is 5.67. The Hall–Kier alpha value is -2.89. The lowest BCUT2D eigenvalue weighted by Gasteiger charge is -2.41. The van der Waals surface area contributed by atoms with Crippen LogP contribution in [0.4, 0.5) is 0 Å². The van der Waals surface area contributed by atoms with E-state index < -0.39 is 37.8 Å². The van der Waals surface area contributed by atoms with Crippen LogP contribution in [0.15, 0.2) is 121 Å². The van der Waals surface area contributed by atoms with Crippen molar-refractivity contribution in [3.8, 4) is 0 Å². The fourth-order valence-corrected chi connectivity index (χ4v) is 6.83. The molecule has 0 spiro atoms. The van der Waals surface area contributed by atoms with E-state index in [0.717, 1.165) is 22.3 Å². The maximum atomic E-state index is 11.6. The molecule has 2 fully saturated rings. The van der Waals surface area contributed by atoms with Gasteiger partial charge in [0.15, 0.2) is 17.0 Å². The molecule has 0 bridgehead atoms. The molecule has 0 radical (unpaired) electrons. The predicted molar refractivity (Wildman–Crippen MR) is 142 cm³/mol. The van der Waals surface area contributed by atoms with Crippen LogP contribution in [-0.4, -0.2) is 22.9 Å². The summed E-state index contributed by atoms with van der Waals surface area (Å²) in [6.07, 6.45) is -1.35. The van der Waals surface area contributed by atoms with Crippen LogP contribution in [-0.2, 0) is 29.7 Å². The van der Waals surface area contributed by atoms with Crippen molar-refractivity contribution in [1.29, 1.82) is 0 Å². The van der Waals surface area contributed by atoms with Crippen LogP contribution in [0.5, 0.6) is 0 Å². The van der Waals surface area contributed by atoms with Gasteiger partial charge in [0.2, 0.25) is 0 Å². The third-order valence-corrected chi connectivity index (χ3v) is 8.04. The topological polar surface area (TPSA) is 57.2 Å². The highest BCUT2D eigenvalue weighted by atomic mass is 31.2. The Morgan fingerprint density at radius 2 is 0.784 bits per heavy atom. The zero-order valence-electron chi connectivity index (χ0n) is 20.7. The van der Waals surface area contributed by atoms with E-state index in [1.165, 1.54) is 0 Å². The molecule has 1 N–H and O–H groups in total. The van der Waals surface area contributed by atoms with Crippen LogP contribution in [0, 0.1) is 0 Å². The fraction of sp³-hybridized carbons (Fsp3) is 0.226. The molecule has 2 aliphatic heterocycles. The zero-order chi connectivity index (χ0) is 25.5. The average Bonchev–Trinajstić information content (AvgIpc) is 3.23. The molecule has 0 aromatic heterocycles. The molecule has 2 atom stereocenters. The predicted octanol–water partition coefficient (Wildman–Crippen LogP) is 6.66. The van der Waals surface area contributed by atoms with E-state index in [2.05, 4.69) is 0 Å². The summed E-state index contributed by atoms with van der Waals surface area (Å²) in [7, 11) is -2.40. The molecule has 188 valence electrons. The number of rotatable bonds is 4. The molecule has 2 unspecified atom stereocenters. The monoisotopic (exact) mass is 512 g/mol. The van der Waals surface area contributed by atoms with Gasteiger partial charge >= 0.3 is 8.60 Å². The van der Waals surface area contributed by atoms with Gasteiger partial charge in [0, 0.05) is 0 Å². The lowest BCUT2D eigenvalue weighted by atomic mass is 9.72. The van der Waals surface area contributed by atoms with E-state index in [1.807, 2.05) is 135 Å². The molecule has 4 aromatic rings. The number of ether oxygens (including phenoxy) is 2. The minimum absolute atomic E-state index is 0.674. The van der Waals surface area contributed by atoms with Crippen LogP contribution in [0.25, 0.3) is 0 Å². The van der Waals surface area contributed by atoms with Crippen molar-refractivity contribution < 1.29 is 23.4 Å². The van der Waals surface area contributed by atoms with Gasteiger partial charge in [-0.05, 0) is 36.1 Å². The number of benzene rings is 4. The second-order valence-electron chi connectivity index (χ2n) is 9.83. The van der Waals surface area contributed by atoms with Crippen LogP contribution in [0.2, 0.25) is 0 Å². The van der Waals surface area contributed by atoms with E-state index in [0.29, 0.717) is 0 Å². The first-order valence-corrected chi connectivity index (χ1v) is 13.5. The first-order chi connectivity index (χ1) is 18.0. The van der Waals surface area contributed by atoms with E-state index in [4.69, 9.17) is 18.5 Å². The van der Waals surface area contributed by atoms with Gasteiger partial charge in [-0.2, -0.15) is 0 Å². The van der Waals surface area contributed by atoms with E-state index in [1.54, 1.807) is 0 Å². The lowest BCUT2D eigenvalue weighted by molar-refractivity contribution is -0.175. The van der Waals surface area contributed by atoms with Gasteiger partial charge in [-0.15, -0.1) is 0 Å². The highest BCUT2D eigenvalue weighted by Gasteiger charge is 2.67.